The quantitative estimate of drug-likeness (QED) is 0.620. The second kappa shape index (κ2) is 7.72. The van der Waals surface area contributed by atoms with Crippen molar-refractivity contribution in [2.45, 2.75) is 17.2 Å². The van der Waals surface area contributed by atoms with Crippen LogP contribution < -0.4 is 9.47 Å². The zero-order valence-electron chi connectivity index (χ0n) is 16.1. The molecule has 1 amide bonds. The van der Waals surface area contributed by atoms with Gasteiger partial charge in [-0.1, -0.05) is 42.1 Å². The summed E-state index contributed by atoms with van der Waals surface area (Å²) in [7, 11) is 3.54. The minimum Gasteiger partial charge on any atom is -0.486 e. The van der Waals surface area contributed by atoms with Gasteiger partial charge < -0.3 is 14.4 Å². The molecular weight excluding hydrogens is 372 g/mol. The summed E-state index contributed by atoms with van der Waals surface area (Å²) < 4.78 is 11.5. The van der Waals surface area contributed by atoms with Crippen LogP contribution >= 0.6 is 11.8 Å². The molecule has 0 N–H and O–H groups in total. The lowest BCUT2D eigenvalue weighted by atomic mass is 10.0. The zero-order chi connectivity index (χ0) is 19.7. The number of aromatic nitrogens is 1. The molecule has 1 aliphatic rings. The Hall–Kier alpha value is -2.73. The predicted molar refractivity (Wildman–Crippen MR) is 112 cm³/mol. The van der Waals surface area contributed by atoms with Gasteiger partial charge in [0.2, 0.25) is 5.91 Å². The van der Waals surface area contributed by atoms with E-state index in [1.54, 1.807) is 19.0 Å². The van der Waals surface area contributed by atoms with Crippen LogP contribution in [0.3, 0.4) is 0 Å². The molecule has 0 saturated carbocycles. The second-order valence-corrected chi connectivity index (χ2v) is 8.24. The molecule has 1 atom stereocenters. The van der Waals surface area contributed by atoms with Gasteiger partial charge in [-0.2, -0.15) is 0 Å². The number of thioether (sulfide) groups is 1. The molecule has 144 valence electrons. The van der Waals surface area contributed by atoms with E-state index in [2.05, 4.69) is 18.2 Å². The van der Waals surface area contributed by atoms with E-state index in [9.17, 15) is 4.79 Å². The molecule has 0 aliphatic carbocycles. The Labute approximate surface area is 168 Å². The molecule has 0 spiro atoms. The summed E-state index contributed by atoms with van der Waals surface area (Å²) in [5.41, 5.74) is 2.99. The van der Waals surface area contributed by atoms with Crippen molar-refractivity contribution < 1.29 is 14.3 Å². The molecule has 3 aromatic rings. The highest BCUT2D eigenvalue weighted by Crippen LogP contribution is 2.39. The Bertz CT molecular complexity index is 1020. The van der Waals surface area contributed by atoms with Gasteiger partial charge in [-0.25, -0.2) is 4.98 Å². The van der Waals surface area contributed by atoms with Crippen LogP contribution in [0, 0.1) is 0 Å². The number of fused-ring (bicyclic) bond motifs is 2. The van der Waals surface area contributed by atoms with Crippen molar-refractivity contribution in [3.05, 3.63) is 48.5 Å². The molecule has 4 rings (SSSR count). The fourth-order valence-electron chi connectivity index (χ4n) is 3.25. The standard InChI is InChI=1S/C22H22N2O3S/c1-14(22(25)24(2)3)28-21-12-16(15-7-5-4-6-8-15)17-11-19-20(13-18(17)23-21)27-10-9-26-19/h4-8,11-14H,9-10H2,1-3H3/t14-/m0/s1. The van der Waals surface area contributed by atoms with Crippen molar-refractivity contribution in [2.75, 3.05) is 27.3 Å². The van der Waals surface area contributed by atoms with Crippen molar-refractivity contribution in [1.29, 1.82) is 0 Å². The van der Waals surface area contributed by atoms with Crippen molar-refractivity contribution in [3.63, 3.8) is 0 Å². The first-order valence-corrected chi connectivity index (χ1v) is 10.1. The van der Waals surface area contributed by atoms with Gasteiger partial charge in [-0.3, -0.25) is 4.79 Å². The Morgan fingerprint density at radius 2 is 1.75 bits per heavy atom. The highest BCUT2D eigenvalue weighted by atomic mass is 32.2. The van der Waals surface area contributed by atoms with Gasteiger partial charge in [0.05, 0.1) is 15.8 Å². The second-order valence-electron chi connectivity index (χ2n) is 6.88. The lowest BCUT2D eigenvalue weighted by Crippen LogP contribution is -2.29. The van der Waals surface area contributed by atoms with Crippen molar-refractivity contribution in [2.24, 2.45) is 0 Å². The molecular formula is C22H22N2O3S. The topological polar surface area (TPSA) is 51.7 Å². The normalized spacial score (nSPS) is 14.0. The van der Waals surface area contributed by atoms with Crippen molar-refractivity contribution in [3.8, 4) is 22.6 Å². The number of benzene rings is 2. The number of carbonyl (C=O) groups excluding carboxylic acids is 1. The number of rotatable bonds is 4. The van der Waals surface area contributed by atoms with E-state index >= 15 is 0 Å². The van der Waals surface area contributed by atoms with Crippen LogP contribution in [-0.2, 0) is 4.79 Å². The summed E-state index contributed by atoms with van der Waals surface area (Å²) in [6, 6.07) is 16.2. The minimum absolute atomic E-state index is 0.0651. The summed E-state index contributed by atoms with van der Waals surface area (Å²) in [5, 5.41) is 1.60. The van der Waals surface area contributed by atoms with Crippen LogP contribution in [0.25, 0.3) is 22.0 Å². The molecule has 6 heteroatoms. The van der Waals surface area contributed by atoms with E-state index in [4.69, 9.17) is 14.5 Å². The van der Waals surface area contributed by atoms with Crippen LogP contribution in [0.15, 0.2) is 53.6 Å². The maximum atomic E-state index is 12.3. The molecule has 2 heterocycles. The summed E-state index contributed by atoms with van der Waals surface area (Å²) in [6.07, 6.45) is 0. The Balaban J connectivity index is 1.84. The van der Waals surface area contributed by atoms with E-state index in [0.29, 0.717) is 19.0 Å². The molecule has 0 radical (unpaired) electrons. The number of pyridine rings is 1. The maximum absolute atomic E-state index is 12.3. The third-order valence-electron chi connectivity index (χ3n) is 4.62. The average Bonchev–Trinajstić information content (AvgIpc) is 2.71. The number of ether oxygens (including phenoxy) is 2. The highest BCUT2D eigenvalue weighted by molar-refractivity contribution is 8.00. The number of hydrogen-bond donors (Lipinski definition) is 0. The van der Waals surface area contributed by atoms with Crippen LogP contribution in [0.5, 0.6) is 11.5 Å². The SMILES string of the molecule is C[C@H](Sc1cc(-c2ccccc2)c2cc3c(cc2n1)OCCO3)C(=O)N(C)C. The third kappa shape index (κ3) is 3.64. The van der Waals surface area contributed by atoms with E-state index in [0.717, 1.165) is 32.8 Å². The lowest BCUT2D eigenvalue weighted by molar-refractivity contribution is -0.127. The minimum atomic E-state index is -0.221. The molecule has 5 nitrogen and oxygen atoms in total. The molecule has 0 unspecified atom stereocenters. The van der Waals surface area contributed by atoms with Crippen LogP contribution in [0.4, 0.5) is 0 Å². The van der Waals surface area contributed by atoms with Crippen molar-refractivity contribution >= 4 is 28.6 Å². The van der Waals surface area contributed by atoms with Gasteiger partial charge in [-0.05, 0) is 30.2 Å². The van der Waals surface area contributed by atoms with Gasteiger partial charge in [0, 0.05) is 25.5 Å². The van der Waals surface area contributed by atoms with Crippen LogP contribution in [0.2, 0.25) is 0 Å². The van der Waals surface area contributed by atoms with Crippen LogP contribution in [0.1, 0.15) is 6.92 Å². The van der Waals surface area contributed by atoms with Gasteiger partial charge >= 0.3 is 0 Å². The number of hydrogen-bond acceptors (Lipinski definition) is 5. The monoisotopic (exact) mass is 394 g/mol. The number of carbonyl (C=O) groups is 1. The Morgan fingerprint density at radius 3 is 2.43 bits per heavy atom. The van der Waals surface area contributed by atoms with Crippen molar-refractivity contribution in [1.82, 2.24) is 9.88 Å². The third-order valence-corrected chi connectivity index (χ3v) is 5.63. The van der Waals surface area contributed by atoms with Gasteiger partial charge in [0.15, 0.2) is 11.5 Å². The maximum Gasteiger partial charge on any atom is 0.235 e. The molecule has 0 bridgehead atoms. The average molecular weight is 394 g/mol. The molecule has 0 fully saturated rings. The lowest BCUT2D eigenvalue weighted by Gasteiger charge is -2.20. The first-order valence-electron chi connectivity index (χ1n) is 9.20. The summed E-state index contributed by atoms with van der Waals surface area (Å²) in [5.74, 6) is 1.52. The van der Waals surface area contributed by atoms with Crippen LogP contribution in [-0.4, -0.2) is 48.4 Å². The fourth-order valence-corrected chi connectivity index (χ4v) is 4.26. The van der Waals surface area contributed by atoms with E-state index in [-0.39, 0.29) is 11.2 Å². The highest BCUT2D eigenvalue weighted by Gasteiger charge is 2.20. The predicted octanol–water partition coefficient (Wildman–Crippen LogP) is 4.24. The molecule has 28 heavy (non-hydrogen) atoms. The molecule has 2 aromatic carbocycles. The summed E-state index contributed by atoms with van der Waals surface area (Å²) in [4.78, 5) is 18.7. The summed E-state index contributed by atoms with van der Waals surface area (Å²) in [6.45, 7) is 2.99. The first-order chi connectivity index (χ1) is 13.5. The zero-order valence-corrected chi connectivity index (χ0v) is 17.0. The molecule has 1 aromatic heterocycles. The van der Waals surface area contributed by atoms with E-state index < -0.39 is 0 Å². The number of nitrogens with zero attached hydrogens (tertiary/aromatic N) is 2. The summed E-state index contributed by atoms with van der Waals surface area (Å²) >= 11 is 1.47. The van der Waals surface area contributed by atoms with Gasteiger partial charge in [0.25, 0.3) is 0 Å². The number of amides is 1. The van der Waals surface area contributed by atoms with E-state index in [1.165, 1.54) is 11.8 Å². The smallest absolute Gasteiger partial charge is 0.235 e. The first kappa shape index (κ1) is 18.6. The largest absolute Gasteiger partial charge is 0.486 e. The molecule has 0 saturated heterocycles. The fraction of sp³-hybridized carbons (Fsp3) is 0.273. The Kier molecular flexibility index (Phi) is 5.13. The molecule has 1 aliphatic heterocycles. The Morgan fingerprint density at radius 1 is 1.07 bits per heavy atom. The van der Waals surface area contributed by atoms with Gasteiger partial charge in [0.1, 0.15) is 13.2 Å². The van der Waals surface area contributed by atoms with E-state index in [1.807, 2.05) is 37.3 Å². The van der Waals surface area contributed by atoms with Gasteiger partial charge in [-0.15, -0.1) is 0 Å².